The van der Waals surface area contributed by atoms with Crippen molar-refractivity contribution in [1.29, 1.82) is 0 Å². The summed E-state index contributed by atoms with van der Waals surface area (Å²) in [5.74, 6) is 1.23. The maximum absolute atomic E-state index is 6.09. The summed E-state index contributed by atoms with van der Waals surface area (Å²) in [4.78, 5) is 7.05. The van der Waals surface area contributed by atoms with Crippen LogP contribution in [0.5, 0.6) is 5.75 Å². The summed E-state index contributed by atoms with van der Waals surface area (Å²) < 4.78 is 5.17. The number of nitrogens with one attached hydrogen (secondary N) is 1. The van der Waals surface area contributed by atoms with E-state index in [1.165, 1.54) is 43.2 Å². The molecular weight excluding hydrogens is 475 g/mol. The molecule has 2 aromatic rings. The van der Waals surface area contributed by atoms with Gasteiger partial charge >= 0.3 is 0 Å². The van der Waals surface area contributed by atoms with Crippen LogP contribution in [0.1, 0.15) is 43.2 Å². The van der Waals surface area contributed by atoms with Gasteiger partial charge in [-0.05, 0) is 55.3 Å². The normalized spacial score (nSPS) is 15.1. The van der Waals surface area contributed by atoms with Crippen molar-refractivity contribution in [2.75, 3.05) is 19.5 Å². The summed E-state index contributed by atoms with van der Waals surface area (Å²) in [6.45, 7) is 1.53. The molecule has 0 amide bonds. The Hall–Kier alpha value is -1.80. The molecule has 3 rings (SSSR count). The minimum Gasteiger partial charge on any atom is -0.497 e. The standard InChI is InChI=1S/C23H32N4O.HI/c1-27(21-10-4-3-5-11-21)17-19-9-7-6-8-18(19)16-25-23(24)26-20-12-14-22(28-2)15-13-20;/h6-9,12-15,21H,3-5,10-11,16-17H2,1-2H3,(H3,24,25,26);1H. The molecule has 29 heavy (non-hydrogen) atoms. The van der Waals surface area contributed by atoms with Gasteiger partial charge in [0.25, 0.3) is 0 Å². The van der Waals surface area contributed by atoms with Crippen molar-refractivity contribution in [1.82, 2.24) is 4.90 Å². The molecule has 0 radical (unpaired) electrons. The highest BCUT2D eigenvalue weighted by atomic mass is 127. The summed E-state index contributed by atoms with van der Waals surface area (Å²) in [6.07, 6.45) is 6.73. The second-order valence-corrected chi connectivity index (χ2v) is 7.53. The average molecular weight is 508 g/mol. The predicted molar refractivity (Wildman–Crippen MR) is 132 cm³/mol. The van der Waals surface area contributed by atoms with Crippen LogP contribution in [0.25, 0.3) is 0 Å². The van der Waals surface area contributed by atoms with Crippen molar-refractivity contribution in [3.8, 4) is 5.75 Å². The van der Waals surface area contributed by atoms with Crippen molar-refractivity contribution >= 4 is 35.6 Å². The van der Waals surface area contributed by atoms with Crippen LogP contribution in [0.2, 0.25) is 0 Å². The van der Waals surface area contributed by atoms with Crippen LogP contribution >= 0.6 is 24.0 Å². The van der Waals surface area contributed by atoms with E-state index in [2.05, 4.69) is 46.5 Å². The molecule has 0 heterocycles. The third-order valence-corrected chi connectivity index (χ3v) is 5.52. The molecule has 5 nitrogen and oxygen atoms in total. The van der Waals surface area contributed by atoms with E-state index in [-0.39, 0.29) is 24.0 Å². The van der Waals surface area contributed by atoms with Crippen LogP contribution in [0.15, 0.2) is 53.5 Å². The molecule has 3 N–H and O–H groups in total. The van der Waals surface area contributed by atoms with Crippen molar-refractivity contribution < 1.29 is 4.74 Å². The molecule has 0 bridgehead atoms. The van der Waals surface area contributed by atoms with E-state index in [4.69, 9.17) is 10.5 Å². The van der Waals surface area contributed by atoms with Crippen LogP contribution in [0, 0.1) is 0 Å². The highest BCUT2D eigenvalue weighted by Gasteiger charge is 2.18. The maximum atomic E-state index is 6.09. The van der Waals surface area contributed by atoms with E-state index in [1.54, 1.807) is 7.11 Å². The molecule has 158 valence electrons. The fourth-order valence-corrected chi connectivity index (χ4v) is 3.82. The van der Waals surface area contributed by atoms with Gasteiger partial charge in [-0.3, -0.25) is 4.90 Å². The number of rotatable bonds is 7. The molecule has 1 fully saturated rings. The first-order chi connectivity index (χ1) is 13.7. The zero-order valence-electron chi connectivity index (χ0n) is 17.4. The Labute approximate surface area is 191 Å². The quantitative estimate of drug-likeness (QED) is 0.314. The lowest BCUT2D eigenvalue weighted by Crippen LogP contribution is -2.33. The SMILES string of the molecule is COc1ccc(NC(N)=NCc2ccccc2CN(C)C2CCCCC2)cc1.I. The lowest BCUT2D eigenvalue weighted by atomic mass is 9.94. The number of halogens is 1. The smallest absolute Gasteiger partial charge is 0.193 e. The molecular formula is C23H33IN4O. The van der Waals surface area contributed by atoms with Gasteiger partial charge in [-0.25, -0.2) is 4.99 Å². The van der Waals surface area contributed by atoms with Gasteiger partial charge in [-0.15, -0.1) is 24.0 Å². The number of guanidine groups is 1. The number of hydrogen-bond donors (Lipinski definition) is 2. The van der Waals surface area contributed by atoms with E-state index in [9.17, 15) is 0 Å². The van der Waals surface area contributed by atoms with Crippen LogP contribution < -0.4 is 15.8 Å². The number of anilines is 1. The number of aliphatic imine (C=N–C) groups is 1. The molecule has 0 saturated heterocycles. The van der Waals surface area contributed by atoms with Gasteiger partial charge in [-0.1, -0.05) is 43.5 Å². The summed E-state index contributed by atoms with van der Waals surface area (Å²) >= 11 is 0. The van der Waals surface area contributed by atoms with Crippen molar-refractivity contribution in [3.05, 3.63) is 59.7 Å². The number of nitrogens with zero attached hydrogens (tertiary/aromatic N) is 2. The Morgan fingerprint density at radius 1 is 1.07 bits per heavy atom. The lowest BCUT2D eigenvalue weighted by molar-refractivity contribution is 0.184. The first-order valence-electron chi connectivity index (χ1n) is 10.1. The molecule has 6 heteroatoms. The maximum Gasteiger partial charge on any atom is 0.193 e. The van der Waals surface area contributed by atoms with E-state index in [0.29, 0.717) is 18.5 Å². The fraction of sp³-hybridized carbons (Fsp3) is 0.435. The van der Waals surface area contributed by atoms with E-state index in [1.807, 2.05) is 24.3 Å². The number of hydrogen-bond acceptors (Lipinski definition) is 3. The molecule has 0 spiro atoms. The minimum absolute atomic E-state index is 0. The first kappa shape index (κ1) is 23.5. The zero-order chi connectivity index (χ0) is 19.8. The van der Waals surface area contributed by atoms with E-state index < -0.39 is 0 Å². The molecule has 1 aliphatic rings. The molecule has 1 saturated carbocycles. The van der Waals surface area contributed by atoms with Gasteiger partial charge in [0.1, 0.15) is 5.75 Å². The van der Waals surface area contributed by atoms with Gasteiger partial charge in [0.2, 0.25) is 0 Å². The second kappa shape index (κ2) is 12.0. The first-order valence-corrected chi connectivity index (χ1v) is 10.1. The molecule has 0 unspecified atom stereocenters. The molecule has 0 aromatic heterocycles. The predicted octanol–water partition coefficient (Wildman–Crippen LogP) is 5.00. The Morgan fingerprint density at radius 3 is 2.38 bits per heavy atom. The highest BCUT2D eigenvalue weighted by Crippen LogP contribution is 2.24. The highest BCUT2D eigenvalue weighted by molar-refractivity contribution is 14.0. The monoisotopic (exact) mass is 508 g/mol. The van der Waals surface area contributed by atoms with Gasteiger partial charge in [0.05, 0.1) is 13.7 Å². The fourth-order valence-electron chi connectivity index (χ4n) is 3.82. The average Bonchev–Trinajstić information content (AvgIpc) is 2.74. The minimum atomic E-state index is 0. The summed E-state index contributed by atoms with van der Waals surface area (Å²) in [5.41, 5.74) is 9.54. The number of ether oxygens (including phenoxy) is 1. The summed E-state index contributed by atoms with van der Waals surface area (Å²) in [7, 11) is 3.90. The number of methoxy groups -OCH3 is 1. The summed E-state index contributed by atoms with van der Waals surface area (Å²) in [5, 5.41) is 3.14. The Balaban J connectivity index is 0.00000300. The Morgan fingerprint density at radius 2 is 1.72 bits per heavy atom. The van der Waals surface area contributed by atoms with Crippen molar-refractivity contribution in [3.63, 3.8) is 0 Å². The second-order valence-electron chi connectivity index (χ2n) is 7.53. The topological polar surface area (TPSA) is 62.9 Å². The van der Waals surface area contributed by atoms with Crippen LogP contribution in [-0.4, -0.2) is 31.1 Å². The van der Waals surface area contributed by atoms with Gasteiger partial charge < -0.3 is 15.8 Å². The molecule has 1 aliphatic carbocycles. The molecule has 2 aromatic carbocycles. The Bertz CT molecular complexity index is 773. The van der Waals surface area contributed by atoms with Crippen molar-refractivity contribution in [2.45, 2.75) is 51.2 Å². The van der Waals surface area contributed by atoms with Crippen LogP contribution in [0.4, 0.5) is 5.69 Å². The third-order valence-electron chi connectivity index (χ3n) is 5.52. The van der Waals surface area contributed by atoms with Gasteiger partial charge in [0, 0.05) is 18.3 Å². The number of benzene rings is 2. The van der Waals surface area contributed by atoms with Gasteiger partial charge in [0.15, 0.2) is 5.96 Å². The molecule has 0 aliphatic heterocycles. The molecule has 0 atom stereocenters. The van der Waals surface area contributed by atoms with Crippen molar-refractivity contribution in [2.24, 2.45) is 10.7 Å². The zero-order valence-corrected chi connectivity index (χ0v) is 19.8. The van der Waals surface area contributed by atoms with Gasteiger partial charge in [-0.2, -0.15) is 0 Å². The summed E-state index contributed by atoms with van der Waals surface area (Å²) in [6, 6.07) is 16.9. The van der Waals surface area contributed by atoms with Crippen LogP contribution in [-0.2, 0) is 13.1 Å². The lowest BCUT2D eigenvalue weighted by Gasteiger charge is -2.31. The van der Waals surface area contributed by atoms with E-state index in [0.717, 1.165) is 18.0 Å². The van der Waals surface area contributed by atoms with Crippen LogP contribution in [0.3, 0.4) is 0 Å². The van der Waals surface area contributed by atoms with E-state index >= 15 is 0 Å². The number of nitrogens with two attached hydrogens (primary N) is 1. The third kappa shape index (κ3) is 7.19. The largest absolute Gasteiger partial charge is 0.497 e. The Kier molecular flexibility index (Phi) is 9.73.